The van der Waals surface area contributed by atoms with E-state index >= 15 is 0 Å². The number of thiophene rings is 1. The van der Waals surface area contributed by atoms with Crippen molar-refractivity contribution in [1.29, 1.82) is 0 Å². The predicted octanol–water partition coefficient (Wildman–Crippen LogP) is 5.07. The number of nitrogens with zero attached hydrogens (tertiary/aromatic N) is 2. The highest BCUT2D eigenvalue weighted by atomic mass is 127. The van der Waals surface area contributed by atoms with Gasteiger partial charge in [-0.05, 0) is 60.4 Å². The van der Waals surface area contributed by atoms with Gasteiger partial charge >= 0.3 is 0 Å². The fourth-order valence-electron chi connectivity index (χ4n) is 2.25. The van der Waals surface area contributed by atoms with Gasteiger partial charge in [0.05, 0.1) is 14.1 Å². The van der Waals surface area contributed by atoms with E-state index in [0.717, 1.165) is 31.0 Å². The Morgan fingerprint density at radius 1 is 1.29 bits per heavy atom. The smallest absolute Gasteiger partial charge is 0.171 e. The number of rotatable bonds is 6. The van der Waals surface area contributed by atoms with Crippen LogP contribution in [0.1, 0.15) is 49.6 Å². The number of halogens is 1. The third kappa shape index (κ3) is 3.39. The summed E-state index contributed by atoms with van der Waals surface area (Å²) in [6, 6.07) is 4.35. The van der Waals surface area contributed by atoms with Gasteiger partial charge in [-0.15, -0.1) is 11.3 Å². The molecule has 112 valence electrons. The van der Waals surface area contributed by atoms with Crippen molar-refractivity contribution in [1.82, 2.24) is 9.97 Å². The van der Waals surface area contributed by atoms with Crippen molar-refractivity contribution in [3.05, 3.63) is 26.3 Å². The summed E-state index contributed by atoms with van der Waals surface area (Å²) in [4.78, 5) is 12.2. The van der Waals surface area contributed by atoms with E-state index in [-0.39, 0.29) is 0 Å². The highest BCUT2D eigenvalue weighted by Gasteiger charge is 2.29. The van der Waals surface area contributed by atoms with Crippen LogP contribution in [0.25, 0.3) is 10.7 Å². The highest BCUT2D eigenvalue weighted by Crippen LogP contribution is 2.43. The van der Waals surface area contributed by atoms with Gasteiger partial charge < -0.3 is 5.32 Å². The lowest BCUT2D eigenvalue weighted by atomic mass is 10.2. The van der Waals surface area contributed by atoms with Crippen molar-refractivity contribution >= 4 is 39.7 Å². The Bertz CT molecular complexity index is 634. The first-order chi connectivity index (χ1) is 10.2. The molecule has 0 spiro atoms. The molecular weight excluding hydrogens is 393 g/mol. The molecule has 1 saturated carbocycles. The summed E-state index contributed by atoms with van der Waals surface area (Å²) < 4.78 is 1.21. The molecule has 0 unspecified atom stereocenters. The maximum Gasteiger partial charge on any atom is 0.171 e. The lowest BCUT2D eigenvalue weighted by Crippen LogP contribution is -2.08. The number of hydrogen-bond acceptors (Lipinski definition) is 4. The number of aryl methyl sites for hydroxylation is 1. The number of nitrogens with one attached hydrogen (secondary N) is 1. The van der Waals surface area contributed by atoms with Crippen LogP contribution < -0.4 is 5.32 Å². The molecule has 0 radical (unpaired) electrons. The minimum atomic E-state index is 0.645. The average molecular weight is 413 g/mol. The van der Waals surface area contributed by atoms with E-state index in [4.69, 9.17) is 9.97 Å². The molecule has 2 aromatic rings. The Balaban J connectivity index is 2.00. The first kappa shape index (κ1) is 15.2. The van der Waals surface area contributed by atoms with E-state index in [2.05, 4.69) is 53.9 Å². The second-order valence-electron chi connectivity index (χ2n) is 5.42. The lowest BCUT2D eigenvalue weighted by Gasteiger charge is -2.11. The second kappa shape index (κ2) is 6.60. The van der Waals surface area contributed by atoms with Gasteiger partial charge in [-0.1, -0.05) is 13.8 Å². The molecule has 5 heteroatoms. The van der Waals surface area contributed by atoms with Crippen LogP contribution in [-0.2, 0) is 6.42 Å². The van der Waals surface area contributed by atoms with E-state index in [9.17, 15) is 0 Å². The molecular formula is C16H20IN3S. The van der Waals surface area contributed by atoms with Crippen LogP contribution in [0.4, 0.5) is 5.82 Å². The van der Waals surface area contributed by atoms with Crippen LogP contribution >= 0.6 is 33.9 Å². The zero-order chi connectivity index (χ0) is 14.8. The van der Waals surface area contributed by atoms with Gasteiger partial charge in [-0.2, -0.15) is 0 Å². The number of hydrogen-bond donors (Lipinski definition) is 1. The van der Waals surface area contributed by atoms with Gasteiger partial charge in [-0.25, -0.2) is 9.97 Å². The molecule has 2 aromatic heterocycles. The molecule has 1 aliphatic carbocycles. The van der Waals surface area contributed by atoms with Crippen molar-refractivity contribution in [2.45, 2.75) is 45.4 Å². The van der Waals surface area contributed by atoms with E-state index < -0.39 is 0 Å². The largest absolute Gasteiger partial charge is 0.369 e. The predicted molar refractivity (Wildman–Crippen MR) is 98.2 cm³/mol. The molecule has 3 nitrogen and oxygen atoms in total. The zero-order valence-electron chi connectivity index (χ0n) is 12.4. The van der Waals surface area contributed by atoms with Crippen LogP contribution in [0.3, 0.4) is 0 Å². The molecule has 0 aliphatic heterocycles. The monoisotopic (exact) mass is 413 g/mol. The van der Waals surface area contributed by atoms with Gasteiger partial charge in [0.15, 0.2) is 5.82 Å². The molecule has 0 bridgehead atoms. The quantitative estimate of drug-likeness (QED) is 0.672. The minimum Gasteiger partial charge on any atom is -0.369 e. The van der Waals surface area contributed by atoms with Gasteiger partial charge in [0.1, 0.15) is 5.82 Å². The zero-order valence-corrected chi connectivity index (χ0v) is 15.4. The maximum atomic E-state index is 4.87. The summed E-state index contributed by atoms with van der Waals surface area (Å²) in [5.41, 5.74) is 1.24. The molecule has 0 amide bonds. The van der Waals surface area contributed by atoms with E-state index in [0.29, 0.717) is 5.92 Å². The fourth-order valence-corrected chi connectivity index (χ4v) is 4.00. The minimum absolute atomic E-state index is 0.645. The van der Waals surface area contributed by atoms with Crippen LogP contribution in [0.5, 0.6) is 0 Å². The van der Waals surface area contributed by atoms with E-state index in [1.807, 2.05) is 11.3 Å². The van der Waals surface area contributed by atoms with Crippen molar-refractivity contribution in [3.63, 3.8) is 0 Å². The van der Waals surface area contributed by atoms with Gasteiger partial charge in [0.2, 0.25) is 0 Å². The first-order valence-corrected chi connectivity index (χ1v) is 9.52. The van der Waals surface area contributed by atoms with Gasteiger partial charge in [0, 0.05) is 17.3 Å². The summed E-state index contributed by atoms with van der Waals surface area (Å²) in [5, 5.41) is 3.46. The second-order valence-corrected chi connectivity index (χ2v) is 7.66. The molecule has 0 aromatic carbocycles. The maximum absolute atomic E-state index is 4.87. The highest BCUT2D eigenvalue weighted by molar-refractivity contribution is 14.1. The fraction of sp³-hybridized carbons (Fsp3) is 0.500. The molecule has 1 aliphatic rings. The summed E-state index contributed by atoms with van der Waals surface area (Å²) in [6.07, 6.45) is 4.72. The van der Waals surface area contributed by atoms with Crippen molar-refractivity contribution < 1.29 is 0 Å². The van der Waals surface area contributed by atoms with Gasteiger partial charge in [0.25, 0.3) is 0 Å². The molecule has 1 N–H and O–H groups in total. The van der Waals surface area contributed by atoms with Crippen LogP contribution in [0, 0.1) is 3.57 Å². The third-order valence-corrected chi connectivity index (χ3v) is 5.90. The van der Waals surface area contributed by atoms with E-state index in [1.165, 1.54) is 31.9 Å². The van der Waals surface area contributed by atoms with Crippen molar-refractivity contribution in [2.75, 3.05) is 11.9 Å². The Morgan fingerprint density at radius 2 is 2.10 bits per heavy atom. The molecule has 1 fully saturated rings. The first-order valence-electron chi connectivity index (χ1n) is 7.63. The molecule has 0 saturated heterocycles. The Kier molecular flexibility index (Phi) is 4.78. The Morgan fingerprint density at radius 3 is 2.71 bits per heavy atom. The normalized spacial score (nSPS) is 14.4. The van der Waals surface area contributed by atoms with Crippen LogP contribution in [-0.4, -0.2) is 16.5 Å². The topological polar surface area (TPSA) is 37.8 Å². The van der Waals surface area contributed by atoms with E-state index in [1.54, 1.807) is 0 Å². The molecule has 3 rings (SSSR count). The lowest BCUT2D eigenvalue weighted by molar-refractivity contribution is 0.940. The third-order valence-electron chi connectivity index (χ3n) is 3.61. The standard InChI is InChI=1S/C16H20IN3S/c1-3-9-18-16-13(17)14(10-5-6-10)19-15(20-16)12-8-7-11(4-2)21-12/h7-8,10H,3-6,9H2,1-2H3,(H,18,19,20). The van der Waals surface area contributed by atoms with Crippen LogP contribution in [0.2, 0.25) is 0 Å². The molecule has 0 atom stereocenters. The van der Waals surface area contributed by atoms with Crippen LogP contribution in [0.15, 0.2) is 12.1 Å². The molecule has 2 heterocycles. The van der Waals surface area contributed by atoms with Gasteiger partial charge in [-0.3, -0.25) is 0 Å². The molecule has 21 heavy (non-hydrogen) atoms. The summed E-state index contributed by atoms with van der Waals surface area (Å²) in [7, 11) is 0. The van der Waals surface area contributed by atoms with Crippen molar-refractivity contribution in [3.8, 4) is 10.7 Å². The van der Waals surface area contributed by atoms with Crippen molar-refractivity contribution in [2.24, 2.45) is 0 Å². The average Bonchev–Trinajstić information content (AvgIpc) is 3.23. The Hall–Kier alpha value is -0.690. The summed E-state index contributed by atoms with van der Waals surface area (Å²) in [6.45, 7) is 5.33. The number of anilines is 1. The number of aromatic nitrogens is 2. The summed E-state index contributed by atoms with van der Waals surface area (Å²) >= 11 is 4.21. The summed E-state index contributed by atoms with van der Waals surface area (Å²) in [5.74, 6) is 2.54. The SMILES string of the molecule is CCCNc1nc(-c2ccc(CC)s2)nc(C2CC2)c1I. The Labute approximate surface area is 143 Å².